The predicted molar refractivity (Wildman–Crippen MR) is 126 cm³/mol. The van der Waals surface area contributed by atoms with Crippen LogP contribution in [0.25, 0.3) is 0 Å². The van der Waals surface area contributed by atoms with Crippen molar-refractivity contribution in [3.8, 4) is 0 Å². The van der Waals surface area contributed by atoms with Gasteiger partial charge in [0.05, 0.1) is 5.41 Å². The molecule has 0 aliphatic heterocycles. The van der Waals surface area contributed by atoms with E-state index in [1.807, 2.05) is 41.5 Å². The average Bonchev–Trinajstić information content (AvgIpc) is 2.61. The van der Waals surface area contributed by atoms with Gasteiger partial charge in [-0.25, -0.2) is 4.79 Å². The zero-order valence-corrected chi connectivity index (χ0v) is 21.5. The maximum atomic E-state index is 12.9. The van der Waals surface area contributed by atoms with Crippen molar-refractivity contribution >= 4 is 23.5 Å². The predicted octanol–water partition coefficient (Wildman–Crippen LogP) is 5.98. The Labute approximate surface area is 194 Å². The van der Waals surface area contributed by atoms with Gasteiger partial charge in [-0.1, -0.05) is 48.0 Å². The zero-order chi connectivity index (χ0) is 25.2. The van der Waals surface area contributed by atoms with Gasteiger partial charge in [-0.15, -0.1) is 0 Å². The van der Waals surface area contributed by atoms with Crippen LogP contribution in [-0.2, 0) is 23.9 Å². The van der Waals surface area contributed by atoms with E-state index < -0.39 is 40.4 Å². The Bertz CT molecular complexity index is 692. The normalized spacial score (nSPS) is 13.9. The number of allylic oxidation sites excluding steroid dienone is 1. The fraction of sp³-hybridized carbons (Fsp3) is 0.769. The lowest BCUT2D eigenvalue weighted by molar-refractivity contribution is -0.163. The van der Waals surface area contributed by atoms with Gasteiger partial charge in [0.2, 0.25) is 0 Å². The van der Waals surface area contributed by atoms with Gasteiger partial charge < -0.3 is 9.84 Å². The molecule has 0 saturated carbocycles. The van der Waals surface area contributed by atoms with Gasteiger partial charge in [0.1, 0.15) is 17.1 Å². The molecular weight excluding hydrogens is 408 g/mol. The summed E-state index contributed by atoms with van der Waals surface area (Å²) in [5.41, 5.74) is -1.44. The summed E-state index contributed by atoms with van der Waals surface area (Å²) in [5.74, 6) is -2.98. The molecule has 32 heavy (non-hydrogen) atoms. The highest BCUT2D eigenvalue weighted by atomic mass is 16.6. The first-order valence-electron chi connectivity index (χ1n) is 11.8. The second kappa shape index (κ2) is 13.5. The molecule has 0 heterocycles. The van der Waals surface area contributed by atoms with Gasteiger partial charge >= 0.3 is 11.9 Å². The highest BCUT2D eigenvalue weighted by Crippen LogP contribution is 2.28. The van der Waals surface area contributed by atoms with Gasteiger partial charge in [-0.05, 0) is 51.4 Å². The number of ketones is 2. The second-order valence-electron chi connectivity index (χ2n) is 11.1. The largest absolute Gasteiger partial charge is 0.511 e. The third kappa shape index (κ3) is 11.6. The number of carbonyl (C=O) groups is 4. The number of ether oxygens (including phenoxy) is 1. The van der Waals surface area contributed by atoms with Crippen molar-refractivity contribution in [2.45, 2.75) is 101 Å². The Balaban J connectivity index is 6.11. The van der Waals surface area contributed by atoms with E-state index in [2.05, 4.69) is 0 Å². The van der Waals surface area contributed by atoms with Crippen molar-refractivity contribution in [1.29, 1.82) is 0 Å². The lowest BCUT2D eigenvalue weighted by Gasteiger charge is -2.21. The lowest BCUT2D eigenvalue weighted by Crippen LogP contribution is -2.30. The molecule has 0 radical (unpaired) electrons. The molecule has 0 amide bonds. The van der Waals surface area contributed by atoms with Crippen LogP contribution in [0.5, 0.6) is 0 Å². The molecule has 0 spiro atoms. The minimum atomic E-state index is -1.14. The number of hydrogen-bond acceptors (Lipinski definition) is 6. The van der Waals surface area contributed by atoms with Crippen LogP contribution in [0, 0.1) is 29.1 Å². The highest BCUT2D eigenvalue weighted by molar-refractivity contribution is 6.19. The van der Waals surface area contributed by atoms with Crippen LogP contribution in [0.15, 0.2) is 11.3 Å². The van der Waals surface area contributed by atoms with E-state index in [-0.39, 0.29) is 24.5 Å². The van der Waals surface area contributed by atoms with E-state index in [1.165, 1.54) is 0 Å². The SMILES string of the molecule is CC(C)CCC(=O)C[C@@H](CCC(C)C)C(O)=C(C(=O)CC(C)C)C(=O)OC(=O)C(C)(C)C. The summed E-state index contributed by atoms with van der Waals surface area (Å²) in [7, 11) is 0. The van der Waals surface area contributed by atoms with Gasteiger partial charge in [-0.2, -0.15) is 0 Å². The molecule has 1 atom stereocenters. The third-order valence-corrected chi connectivity index (χ3v) is 5.08. The number of esters is 2. The van der Waals surface area contributed by atoms with Crippen molar-refractivity contribution in [1.82, 2.24) is 0 Å². The molecule has 0 aliphatic rings. The first-order chi connectivity index (χ1) is 14.6. The standard InChI is InChI=1S/C26H44O6/c1-16(2)10-12-19(15-20(27)13-11-17(3)4)23(29)22(21(28)14-18(5)6)24(30)32-25(31)26(7,8)9/h16-19,29H,10-15H2,1-9H3/t19-/m1/s1. The summed E-state index contributed by atoms with van der Waals surface area (Å²) in [6, 6.07) is 0. The monoisotopic (exact) mass is 452 g/mol. The first kappa shape index (κ1) is 30.0. The molecule has 1 N–H and O–H groups in total. The van der Waals surface area contributed by atoms with Gasteiger partial charge in [-0.3, -0.25) is 14.4 Å². The van der Waals surface area contributed by atoms with Crippen molar-refractivity contribution < 1.29 is 29.0 Å². The van der Waals surface area contributed by atoms with Crippen molar-refractivity contribution in [2.75, 3.05) is 0 Å². The fourth-order valence-electron chi connectivity index (χ4n) is 3.02. The van der Waals surface area contributed by atoms with Crippen LogP contribution in [0.3, 0.4) is 0 Å². The number of Topliss-reactive ketones (excluding diaryl/α,β-unsaturated/α-hetero) is 2. The number of aliphatic hydroxyl groups is 1. The quantitative estimate of drug-likeness (QED) is 0.121. The Morgan fingerprint density at radius 1 is 0.781 bits per heavy atom. The molecule has 6 heteroatoms. The second-order valence-corrected chi connectivity index (χ2v) is 11.1. The summed E-state index contributed by atoms with van der Waals surface area (Å²) in [6.45, 7) is 16.6. The van der Waals surface area contributed by atoms with E-state index in [0.717, 1.165) is 6.42 Å². The summed E-state index contributed by atoms with van der Waals surface area (Å²) in [6.07, 6.45) is 2.36. The summed E-state index contributed by atoms with van der Waals surface area (Å²) in [5, 5.41) is 11.1. The number of aliphatic hydroxyl groups excluding tert-OH is 1. The maximum Gasteiger partial charge on any atom is 0.352 e. The number of rotatable bonds is 13. The zero-order valence-electron chi connectivity index (χ0n) is 21.5. The Hall–Kier alpha value is -1.98. The molecule has 0 aromatic rings. The minimum Gasteiger partial charge on any atom is -0.511 e. The molecule has 0 aromatic heterocycles. The van der Waals surface area contributed by atoms with E-state index in [0.29, 0.717) is 31.1 Å². The number of carbonyl (C=O) groups excluding carboxylic acids is 4. The van der Waals surface area contributed by atoms with Crippen LogP contribution >= 0.6 is 0 Å². The molecule has 0 rings (SSSR count). The Morgan fingerprint density at radius 3 is 1.75 bits per heavy atom. The molecule has 0 saturated heterocycles. The lowest BCUT2D eigenvalue weighted by atomic mass is 9.86. The highest BCUT2D eigenvalue weighted by Gasteiger charge is 2.34. The molecular formula is C26H44O6. The molecule has 0 aliphatic carbocycles. The van der Waals surface area contributed by atoms with E-state index in [1.54, 1.807) is 20.8 Å². The summed E-state index contributed by atoms with van der Waals surface area (Å²) in [4.78, 5) is 50.6. The molecule has 0 aromatic carbocycles. The van der Waals surface area contributed by atoms with Crippen LogP contribution in [0.1, 0.15) is 101 Å². The smallest absolute Gasteiger partial charge is 0.352 e. The minimum absolute atomic E-state index is 0.0196. The van der Waals surface area contributed by atoms with Gasteiger partial charge in [0.15, 0.2) is 5.78 Å². The first-order valence-corrected chi connectivity index (χ1v) is 11.8. The molecule has 0 bridgehead atoms. The van der Waals surface area contributed by atoms with Gasteiger partial charge in [0, 0.05) is 25.2 Å². The Morgan fingerprint density at radius 2 is 1.31 bits per heavy atom. The third-order valence-electron chi connectivity index (χ3n) is 5.08. The van der Waals surface area contributed by atoms with Crippen molar-refractivity contribution in [3.63, 3.8) is 0 Å². The topological polar surface area (TPSA) is 97.7 Å². The maximum absolute atomic E-state index is 12.9. The summed E-state index contributed by atoms with van der Waals surface area (Å²) >= 11 is 0. The van der Waals surface area contributed by atoms with Crippen LogP contribution in [0.4, 0.5) is 0 Å². The number of hydrogen-bond donors (Lipinski definition) is 1. The van der Waals surface area contributed by atoms with Gasteiger partial charge in [0.25, 0.3) is 0 Å². The molecule has 184 valence electrons. The van der Waals surface area contributed by atoms with E-state index >= 15 is 0 Å². The van der Waals surface area contributed by atoms with E-state index in [4.69, 9.17) is 4.74 Å². The van der Waals surface area contributed by atoms with Crippen molar-refractivity contribution in [3.05, 3.63) is 11.3 Å². The Kier molecular flexibility index (Phi) is 12.7. The van der Waals surface area contributed by atoms with Crippen molar-refractivity contribution in [2.24, 2.45) is 29.1 Å². The molecule has 6 nitrogen and oxygen atoms in total. The summed E-state index contributed by atoms with van der Waals surface area (Å²) < 4.78 is 4.96. The van der Waals surface area contributed by atoms with Crippen LogP contribution < -0.4 is 0 Å². The van der Waals surface area contributed by atoms with Crippen LogP contribution in [0.2, 0.25) is 0 Å². The molecule has 0 unspecified atom stereocenters. The molecule has 0 fully saturated rings. The van der Waals surface area contributed by atoms with Crippen LogP contribution in [-0.4, -0.2) is 28.6 Å². The average molecular weight is 453 g/mol. The van der Waals surface area contributed by atoms with E-state index in [9.17, 15) is 24.3 Å². The fourth-order valence-corrected chi connectivity index (χ4v) is 3.02.